The first-order valence-electron chi connectivity index (χ1n) is 8.91. The summed E-state index contributed by atoms with van der Waals surface area (Å²) in [5.41, 5.74) is 1.72. The lowest BCUT2D eigenvalue weighted by Gasteiger charge is -2.22. The molecule has 0 saturated carbocycles. The number of likely N-dealkylation sites (N-methyl/N-ethyl adjacent to an activating group) is 1. The van der Waals surface area contributed by atoms with E-state index in [9.17, 15) is 0 Å². The van der Waals surface area contributed by atoms with Crippen LogP contribution in [0.15, 0.2) is 53.5 Å². The molecule has 0 spiro atoms. The van der Waals surface area contributed by atoms with Crippen LogP contribution in [0.25, 0.3) is 0 Å². The van der Waals surface area contributed by atoms with Gasteiger partial charge in [-0.1, -0.05) is 12.1 Å². The minimum atomic E-state index is 0.546. The van der Waals surface area contributed by atoms with Gasteiger partial charge in [-0.3, -0.25) is 0 Å². The van der Waals surface area contributed by atoms with Crippen molar-refractivity contribution in [2.24, 2.45) is 4.99 Å². The number of benzene rings is 2. The molecule has 0 radical (unpaired) electrons. The number of nitrogens with one attached hydrogen (secondary N) is 1. The van der Waals surface area contributed by atoms with Crippen LogP contribution in [0.5, 0.6) is 11.5 Å². The molecular weight excluding hydrogens is 340 g/mol. The standard InChI is InChI=1S/C21H26N4O2/c1-4-23-21(24-16-18-7-5-17(15-22)6-8-18)25(2)13-14-27-20-11-9-19(26-3)10-12-20/h5-12H,4,13-14,16H2,1-3H3,(H,23,24). The Morgan fingerprint density at radius 3 is 2.37 bits per heavy atom. The molecule has 0 bridgehead atoms. The molecule has 0 aromatic heterocycles. The molecule has 0 aliphatic carbocycles. The molecule has 27 heavy (non-hydrogen) atoms. The van der Waals surface area contributed by atoms with Crippen LogP contribution in [0.1, 0.15) is 18.1 Å². The smallest absolute Gasteiger partial charge is 0.194 e. The summed E-state index contributed by atoms with van der Waals surface area (Å²) in [5.74, 6) is 2.44. The summed E-state index contributed by atoms with van der Waals surface area (Å²) < 4.78 is 10.9. The Balaban J connectivity index is 1.88. The highest BCUT2D eigenvalue weighted by Gasteiger charge is 2.06. The average Bonchev–Trinajstić information content (AvgIpc) is 2.72. The third-order valence-electron chi connectivity index (χ3n) is 3.95. The SMILES string of the molecule is CCNC(=NCc1ccc(C#N)cc1)N(C)CCOc1ccc(OC)cc1. The van der Waals surface area contributed by atoms with Gasteiger partial charge >= 0.3 is 0 Å². The molecule has 1 N–H and O–H groups in total. The van der Waals surface area contributed by atoms with E-state index in [0.29, 0.717) is 25.3 Å². The monoisotopic (exact) mass is 366 g/mol. The Kier molecular flexibility index (Phi) is 7.98. The zero-order chi connectivity index (χ0) is 19.5. The van der Waals surface area contributed by atoms with Crippen molar-refractivity contribution in [3.63, 3.8) is 0 Å². The number of ether oxygens (including phenoxy) is 2. The number of hydrogen-bond donors (Lipinski definition) is 1. The van der Waals surface area contributed by atoms with Crippen molar-refractivity contribution in [2.75, 3.05) is 33.9 Å². The van der Waals surface area contributed by atoms with E-state index in [0.717, 1.165) is 29.6 Å². The van der Waals surface area contributed by atoms with Crippen molar-refractivity contribution in [2.45, 2.75) is 13.5 Å². The summed E-state index contributed by atoms with van der Waals surface area (Å²) in [5, 5.41) is 12.2. The summed E-state index contributed by atoms with van der Waals surface area (Å²) in [6.45, 7) is 4.63. The van der Waals surface area contributed by atoms with E-state index >= 15 is 0 Å². The summed E-state index contributed by atoms with van der Waals surface area (Å²) in [4.78, 5) is 6.70. The van der Waals surface area contributed by atoms with E-state index in [1.807, 2.05) is 67.4 Å². The second-order valence-electron chi connectivity index (χ2n) is 5.92. The lowest BCUT2D eigenvalue weighted by molar-refractivity contribution is 0.281. The Hall–Kier alpha value is -3.20. The van der Waals surface area contributed by atoms with E-state index in [-0.39, 0.29) is 0 Å². The molecule has 0 saturated heterocycles. The lowest BCUT2D eigenvalue weighted by atomic mass is 10.1. The number of nitriles is 1. The van der Waals surface area contributed by atoms with Crippen molar-refractivity contribution < 1.29 is 9.47 Å². The number of hydrogen-bond acceptors (Lipinski definition) is 4. The Labute approximate surface area is 161 Å². The first-order valence-corrected chi connectivity index (χ1v) is 8.91. The molecular formula is C21H26N4O2. The predicted molar refractivity (Wildman–Crippen MR) is 107 cm³/mol. The molecule has 0 heterocycles. The van der Waals surface area contributed by atoms with E-state index < -0.39 is 0 Å². The van der Waals surface area contributed by atoms with Crippen molar-refractivity contribution >= 4 is 5.96 Å². The van der Waals surface area contributed by atoms with Gasteiger partial charge in [-0.2, -0.15) is 5.26 Å². The van der Waals surface area contributed by atoms with Gasteiger partial charge in [0, 0.05) is 13.6 Å². The second-order valence-corrected chi connectivity index (χ2v) is 5.92. The first kappa shape index (κ1) is 20.1. The van der Waals surface area contributed by atoms with Crippen LogP contribution in [-0.2, 0) is 6.54 Å². The van der Waals surface area contributed by atoms with E-state index in [1.54, 1.807) is 7.11 Å². The number of methoxy groups -OCH3 is 1. The predicted octanol–water partition coefficient (Wildman–Crippen LogP) is 3.04. The highest BCUT2D eigenvalue weighted by molar-refractivity contribution is 5.79. The number of rotatable bonds is 8. The number of guanidine groups is 1. The third-order valence-corrected chi connectivity index (χ3v) is 3.95. The molecule has 6 heteroatoms. The lowest BCUT2D eigenvalue weighted by Crippen LogP contribution is -2.40. The summed E-state index contributed by atoms with van der Waals surface area (Å²) >= 11 is 0. The fraction of sp³-hybridized carbons (Fsp3) is 0.333. The molecule has 0 amide bonds. The Bertz CT molecular complexity index is 764. The molecule has 0 fully saturated rings. The normalized spacial score (nSPS) is 10.8. The molecule has 6 nitrogen and oxygen atoms in total. The molecule has 2 aromatic carbocycles. The van der Waals surface area contributed by atoms with Crippen LogP contribution < -0.4 is 14.8 Å². The maximum atomic E-state index is 8.87. The van der Waals surface area contributed by atoms with Gasteiger partial charge in [0.1, 0.15) is 18.1 Å². The zero-order valence-electron chi connectivity index (χ0n) is 16.1. The summed E-state index contributed by atoms with van der Waals surface area (Å²) in [6, 6.07) is 17.1. The van der Waals surface area contributed by atoms with Crippen molar-refractivity contribution in [3.05, 3.63) is 59.7 Å². The van der Waals surface area contributed by atoms with Crippen LogP contribution >= 0.6 is 0 Å². The van der Waals surface area contributed by atoms with Crippen LogP contribution in [-0.4, -0.2) is 44.7 Å². The van der Waals surface area contributed by atoms with Gasteiger partial charge in [-0.25, -0.2) is 4.99 Å². The number of nitrogens with zero attached hydrogens (tertiary/aromatic N) is 3. The van der Waals surface area contributed by atoms with E-state index in [4.69, 9.17) is 14.7 Å². The maximum Gasteiger partial charge on any atom is 0.194 e. The second kappa shape index (κ2) is 10.7. The van der Waals surface area contributed by atoms with Crippen LogP contribution in [0, 0.1) is 11.3 Å². The zero-order valence-corrected chi connectivity index (χ0v) is 16.1. The van der Waals surface area contributed by atoms with Crippen molar-refractivity contribution in [3.8, 4) is 17.6 Å². The Morgan fingerprint density at radius 1 is 1.11 bits per heavy atom. The molecule has 0 atom stereocenters. The van der Waals surface area contributed by atoms with Gasteiger partial charge in [0.25, 0.3) is 0 Å². The maximum absolute atomic E-state index is 8.87. The van der Waals surface area contributed by atoms with Gasteiger partial charge in [0.15, 0.2) is 5.96 Å². The van der Waals surface area contributed by atoms with Gasteiger partial charge in [0.05, 0.1) is 31.8 Å². The third kappa shape index (κ3) is 6.55. The fourth-order valence-corrected chi connectivity index (χ4v) is 2.40. The van der Waals surface area contributed by atoms with Crippen LogP contribution in [0.4, 0.5) is 0 Å². The van der Waals surface area contributed by atoms with Crippen LogP contribution in [0.2, 0.25) is 0 Å². The molecule has 2 aromatic rings. The molecule has 0 aliphatic heterocycles. The fourth-order valence-electron chi connectivity index (χ4n) is 2.40. The van der Waals surface area contributed by atoms with Crippen molar-refractivity contribution in [1.82, 2.24) is 10.2 Å². The summed E-state index contributed by atoms with van der Waals surface area (Å²) in [7, 11) is 3.63. The van der Waals surface area contributed by atoms with Gasteiger partial charge in [-0.15, -0.1) is 0 Å². The molecule has 0 aliphatic rings. The quantitative estimate of drug-likeness (QED) is 0.574. The largest absolute Gasteiger partial charge is 0.497 e. The highest BCUT2D eigenvalue weighted by Crippen LogP contribution is 2.16. The number of aliphatic imine (C=N–C) groups is 1. The van der Waals surface area contributed by atoms with Gasteiger partial charge in [-0.05, 0) is 48.9 Å². The summed E-state index contributed by atoms with van der Waals surface area (Å²) in [6.07, 6.45) is 0. The van der Waals surface area contributed by atoms with Gasteiger partial charge in [0.2, 0.25) is 0 Å². The topological polar surface area (TPSA) is 69.9 Å². The van der Waals surface area contributed by atoms with E-state index in [2.05, 4.69) is 16.4 Å². The molecule has 0 unspecified atom stereocenters. The van der Waals surface area contributed by atoms with Gasteiger partial charge < -0.3 is 19.7 Å². The minimum Gasteiger partial charge on any atom is -0.497 e. The molecule has 2 rings (SSSR count). The molecule has 142 valence electrons. The average molecular weight is 366 g/mol. The van der Waals surface area contributed by atoms with Crippen LogP contribution in [0.3, 0.4) is 0 Å². The first-order chi connectivity index (χ1) is 13.2. The van der Waals surface area contributed by atoms with Crippen molar-refractivity contribution in [1.29, 1.82) is 5.26 Å². The van der Waals surface area contributed by atoms with E-state index in [1.165, 1.54) is 0 Å². The minimum absolute atomic E-state index is 0.546. The highest BCUT2D eigenvalue weighted by atomic mass is 16.5. The Morgan fingerprint density at radius 2 is 1.78 bits per heavy atom.